The third kappa shape index (κ3) is 9.50. The molecule has 0 saturated heterocycles. The molecule has 0 fully saturated rings. The lowest BCUT2D eigenvalue weighted by Crippen LogP contribution is -2.49. The summed E-state index contributed by atoms with van der Waals surface area (Å²) in [5.74, 6) is -2.25. The van der Waals surface area contributed by atoms with E-state index >= 15 is 0 Å². The van der Waals surface area contributed by atoms with Crippen molar-refractivity contribution < 1.29 is 27.2 Å². The van der Waals surface area contributed by atoms with Crippen molar-refractivity contribution in [2.45, 2.75) is 31.3 Å². The summed E-state index contributed by atoms with van der Waals surface area (Å²) in [4.78, 5) is 43.2. The van der Waals surface area contributed by atoms with Gasteiger partial charge in [-0.25, -0.2) is 15.1 Å². The number of nitrogens with two attached hydrogens (primary N) is 2. The Hall–Kier alpha value is -5.02. The van der Waals surface area contributed by atoms with E-state index in [1.54, 1.807) is 17.6 Å². The van der Waals surface area contributed by atoms with Crippen molar-refractivity contribution in [3.8, 4) is 5.75 Å². The van der Waals surface area contributed by atoms with E-state index in [1.165, 1.54) is 31.1 Å². The van der Waals surface area contributed by atoms with E-state index in [4.69, 9.17) is 15.7 Å². The molecule has 3 aromatic rings. The zero-order chi connectivity index (χ0) is 32.3. The lowest BCUT2D eigenvalue weighted by Gasteiger charge is -2.33. The van der Waals surface area contributed by atoms with Gasteiger partial charge in [-0.2, -0.15) is 12.7 Å². The van der Waals surface area contributed by atoms with E-state index in [1.807, 2.05) is 60.7 Å². The molecule has 2 amide bonds. The molecule has 3 rings (SSSR count). The van der Waals surface area contributed by atoms with Gasteiger partial charge in [0.15, 0.2) is 5.03 Å². The molecule has 5 N–H and O–H groups in total. The fourth-order valence-corrected chi connectivity index (χ4v) is 4.89. The Kier molecular flexibility index (Phi) is 11.8. The van der Waals surface area contributed by atoms with Gasteiger partial charge in [-0.05, 0) is 41.7 Å². The fourth-order valence-electron chi connectivity index (χ4n) is 4.38. The lowest BCUT2D eigenvalue weighted by atomic mass is 9.89. The molecule has 234 valence electrons. The van der Waals surface area contributed by atoms with Crippen LogP contribution in [0.3, 0.4) is 0 Å². The van der Waals surface area contributed by atoms with Crippen LogP contribution < -0.4 is 21.1 Å². The number of hydrogen-bond donors (Lipinski definition) is 3. The first-order valence-electron chi connectivity index (χ1n) is 13.5. The number of nitro groups is 1. The summed E-state index contributed by atoms with van der Waals surface area (Å²) in [5, 5.41) is 9.74. The van der Waals surface area contributed by atoms with Crippen molar-refractivity contribution in [2.24, 2.45) is 16.5 Å². The average molecular weight is 626 g/mol. The Morgan fingerprint density at radius 2 is 1.50 bits per heavy atom. The Labute approximate surface area is 255 Å². The molecular formula is C29H35N7O7S. The third-order valence-corrected chi connectivity index (χ3v) is 7.85. The van der Waals surface area contributed by atoms with E-state index < -0.39 is 39.2 Å². The van der Waals surface area contributed by atoms with Gasteiger partial charge in [-0.1, -0.05) is 78.2 Å². The normalized spacial score (nSPS) is 12.5. The molecular weight excluding hydrogens is 590 g/mol. The molecule has 0 saturated carbocycles. The molecule has 15 heteroatoms. The highest BCUT2D eigenvalue weighted by molar-refractivity contribution is 7.84. The van der Waals surface area contributed by atoms with Crippen LogP contribution in [0.4, 0.5) is 0 Å². The van der Waals surface area contributed by atoms with Gasteiger partial charge in [0.05, 0.1) is 5.92 Å². The van der Waals surface area contributed by atoms with Crippen LogP contribution in [0.25, 0.3) is 0 Å². The number of carbonyl (C=O) groups is 2. The number of hydrazine groups is 1. The Bertz CT molecular complexity index is 1510. The van der Waals surface area contributed by atoms with Crippen LogP contribution in [0, 0.1) is 10.1 Å². The SMILES string of the molecule is CN(C)S(=O)(=O)Oc1ccc(CN(C(=O)C(c2ccccc2)c2ccccc2)[C@H](CCCN=C(N)N[N+](=O)[O-])C(N)=O)cc1. The van der Waals surface area contributed by atoms with Crippen LogP contribution in [-0.2, 0) is 26.4 Å². The fraction of sp³-hybridized carbons (Fsp3) is 0.276. The van der Waals surface area contributed by atoms with Gasteiger partial charge in [0, 0.05) is 27.2 Å². The van der Waals surface area contributed by atoms with Gasteiger partial charge in [0.1, 0.15) is 11.8 Å². The minimum atomic E-state index is -3.98. The Balaban J connectivity index is 1.98. The third-order valence-electron chi connectivity index (χ3n) is 6.55. The van der Waals surface area contributed by atoms with Gasteiger partial charge in [0.2, 0.25) is 11.8 Å². The molecule has 0 radical (unpaired) electrons. The average Bonchev–Trinajstić information content (AvgIpc) is 2.97. The van der Waals surface area contributed by atoms with Crippen LogP contribution in [0.15, 0.2) is 89.9 Å². The number of amides is 2. The van der Waals surface area contributed by atoms with E-state index in [9.17, 15) is 28.1 Å². The number of rotatable bonds is 15. The zero-order valence-corrected chi connectivity index (χ0v) is 25.1. The number of primary amides is 1. The molecule has 44 heavy (non-hydrogen) atoms. The second-order valence-electron chi connectivity index (χ2n) is 9.88. The standard InChI is InChI=1S/C29H35N7O7S/c1-34(2)44(41,42)43-24-17-15-21(16-18-24)20-35(25(27(30)37)14-9-19-32-29(31)33-36(39)40)28(38)26(22-10-5-3-6-11-22)23-12-7-4-8-13-23/h3-8,10-13,15-18,25-26H,9,14,19-20H2,1-2H3,(H2,30,37)(H3,31,32,33)/t25-/m1/s1. The van der Waals surface area contributed by atoms with Crippen molar-refractivity contribution in [1.82, 2.24) is 14.6 Å². The largest absolute Gasteiger partial charge is 0.384 e. The number of guanidine groups is 1. The molecule has 1 atom stereocenters. The summed E-state index contributed by atoms with van der Waals surface area (Å²) in [6, 6.07) is 23.2. The molecule has 0 bridgehead atoms. The number of carbonyl (C=O) groups excluding carboxylic acids is 2. The van der Waals surface area contributed by atoms with Crippen LogP contribution in [0.1, 0.15) is 35.4 Å². The lowest BCUT2D eigenvalue weighted by molar-refractivity contribution is -0.525. The Morgan fingerprint density at radius 3 is 1.98 bits per heavy atom. The van der Waals surface area contributed by atoms with E-state index in [2.05, 4.69) is 4.99 Å². The number of hydrogen-bond acceptors (Lipinski definition) is 8. The summed E-state index contributed by atoms with van der Waals surface area (Å²) in [6.45, 7) is -0.0106. The molecule has 14 nitrogen and oxygen atoms in total. The second kappa shape index (κ2) is 15.5. The van der Waals surface area contributed by atoms with Crippen molar-refractivity contribution in [1.29, 1.82) is 0 Å². The van der Waals surface area contributed by atoms with E-state index in [0.29, 0.717) is 16.7 Å². The molecule has 0 heterocycles. The maximum atomic E-state index is 14.5. The minimum Gasteiger partial charge on any atom is -0.371 e. The number of nitrogens with one attached hydrogen (secondary N) is 1. The van der Waals surface area contributed by atoms with Crippen molar-refractivity contribution in [2.75, 3.05) is 20.6 Å². The smallest absolute Gasteiger partial charge is 0.371 e. The molecule has 0 aromatic heterocycles. The minimum absolute atomic E-state index is 0.0334. The first kappa shape index (κ1) is 33.5. The number of nitrogens with zero attached hydrogens (tertiary/aromatic N) is 4. The van der Waals surface area contributed by atoms with Crippen molar-refractivity contribution >= 4 is 28.1 Å². The summed E-state index contributed by atoms with van der Waals surface area (Å²) < 4.78 is 30.3. The Morgan fingerprint density at radius 1 is 0.955 bits per heavy atom. The zero-order valence-electron chi connectivity index (χ0n) is 24.3. The van der Waals surface area contributed by atoms with E-state index in [-0.39, 0.29) is 37.6 Å². The topological polar surface area (TPSA) is 204 Å². The van der Waals surface area contributed by atoms with Crippen molar-refractivity contribution in [3.05, 3.63) is 112 Å². The highest BCUT2D eigenvalue weighted by atomic mass is 32.2. The monoisotopic (exact) mass is 625 g/mol. The second-order valence-corrected chi connectivity index (χ2v) is 11.6. The van der Waals surface area contributed by atoms with Gasteiger partial charge in [0.25, 0.3) is 5.96 Å². The first-order chi connectivity index (χ1) is 20.9. The molecule has 3 aromatic carbocycles. The molecule has 0 aliphatic carbocycles. The van der Waals surface area contributed by atoms with Gasteiger partial charge < -0.3 is 20.6 Å². The molecule has 0 spiro atoms. The number of aliphatic imine (C=N–C) groups is 1. The van der Waals surface area contributed by atoms with Gasteiger partial charge >= 0.3 is 10.3 Å². The number of benzene rings is 3. The predicted molar refractivity (Wildman–Crippen MR) is 164 cm³/mol. The predicted octanol–water partition coefficient (Wildman–Crippen LogP) is 1.76. The summed E-state index contributed by atoms with van der Waals surface area (Å²) in [5.41, 5.74) is 15.1. The van der Waals surface area contributed by atoms with Crippen LogP contribution in [0.2, 0.25) is 0 Å². The highest BCUT2D eigenvalue weighted by Gasteiger charge is 2.34. The van der Waals surface area contributed by atoms with Crippen LogP contribution >= 0.6 is 0 Å². The molecule has 0 unspecified atom stereocenters. The summed E-state index contributed by atoms with van der Waals surface area (Å²) >= 11 is 0. The quantitative estimate of drug-likeness (QED) is 0.0739. The van der Waals surface area contributed by atoms with Crippen LogP contribution in [-0.4, -0.2) is 67.1 Å². The van der Waals surface area contributed by atoms with Crippen molar-refractivity contribution in [3.63, 3.8) is 0 Å². The van der Waals surface area contributed by atoms with Gasteiger partial charge in [-0.15, -0.1) is 0 Å². The summed E-state index contributed by atoms with van der Waals surface area (Å²) in [6.07, 6.45) is 0.322. The molecule has 0 aliphatic rings. The van der Waals surface area contributed by atoms with Gasteiger partial charge in [-0.3, -0.25) is 9.59 Å². The maximum Gasteiger partial charge on any atom is 0.384 e. The molecule has 0 aliphatic heterocycles. The maximum absolute atomic E-state index is 14.5. The van der Waals surface area contributed by atoms with Crippen LogP contribution in [0.5, 0.6) is 5.75 Å². The van der Waals surface area contributed by atoms with E-state index in [0.717, 1.165) is 4.31 Å². The highest BCUT2D eigenvalue weighted by Crippen LogP contribution is 2.29. The first-order valence-corrected chi connectivity index (χ1v) is 14.9. The summed E-state index contributed by atoms with van der Waals surface area (Å²) in [7, 11) is -1.30.